The molecular weight excluding hydrogens is 491 g/mol. The fourth-order valence-corrected chi connectivity index (χ4v) is 4.17. The topological polar surface area (TPSA) is 27.7 Å². The largest absolute Gasteiger partial charge is 0.489 e. The third kappa shape index (κ3) is 7.21. The molecule has 1 saturated heterocycles. The maximum absolute atomic E-state index is 14.6. The van der Waals surface area contributed by atoms with Crippen molar-refractivity contribution < 1.29 is 36.2 Å². The first-order valence-corrected chi connectivity index (χ1v) is 12.2. The summed E-state index contributed by atoms with van der Waals surface area (Å²) in [6, 6.07) is 12.8. The van der Waals surface area contributed by atoms with Gasteiger partial charge in [0.25, 0.3) is 0 Å². The fourth-order valence-electron chi connectivity index (χ4n) is 4.17. The third-order valence-corrected chi connectivity index (χ3v) is 6.17. The molecule has 0 radical (unpaired) electrons. The van der Waals surface area contributed by atoms with Crippen LogP contribution in [0, 0.1) is 29.4 Å². The van der Waals surface area contributed by atoms with Crippen LogP contribution in [-0.4, -0.2) is 19.4 Å². The van der Waals surface area contributed by atoms with Gasteiger partial charge in [0.2, 0.25) is 0 Å². The first-order chi connectivity index (χ1) is 17.7. The van der Waals surface area contributed by atoms with Gasteiger partial charge in [-0.2, -0.15) is 13.2 Å². The summed E-state index contributed by atoms with van der Waals surface area (Å²) in [4.78, 5) is 0. The van der Waals surface area contributed by atoms with Crippen LogP contribution in [0.25, 0.3) is 10.8 Å². The van der Waals surface area contributed by atoms with Gasteiger partial charge in [-0.3, -0.25) is 0 Å². The molecule has 0 saturated carbocycles. The van der Waals surface area contributed by atoms with Gasteiger partial charge in [-0.1, -0.05) is 56.4 Å². The third-order valence-electron chi connectivity index (χ3n) is 6.17. The zero-order valence-corrected chi connectivity index (χ0v) is 20.3. The summed E-state index contributed by atoms with van der Waals surface area (Å²) < 4.78 is 83.4. The van der Waals surface area contributed by atoms with E-state index in [0.29, 0.717) is 24.9 Å². The Hall–Kier alpha value is -3.15. The lowest BCUT2D eigenvalue weighted by atomic mass is 10.0. The van der Waals surface area contributed by atoms with Gasteiger partial charge in [0.1, 0.15) is 24.0 Å². The predicted octanol–water partition coefficient (Wildman–Crippen LogP) is 7.85. The lowest BCUT2D eigenvalue weighted by molar-refractivity contribution is -0.206. The Kier molecular flexibility index (Phi) is 8.67. The number of ether oxygens (including phenoxy) is 3. The smallest absolute Gasteiger partial charge is 0.458 e. The lowest BCUT2D eigenvalue weighted by Crippen LogP contribution is -2.27. The van der Waals surface area contributed by atoms with Gasteiger partial charge in [0.15, 0.2) is 6.29 Å². The van der Waals surface area contributed by atoms with E-state index in [-0.39, 0.29) is 17.4 Å². The number of rotatable bonds is 8. The van der Waals surface area contributed by atoms with Crippen LogP contribution < -0.4 is 4.74 Å². The number of unbranched alkanes of at least 4 members (excludes halogenated alkanes) is 2. The minimum absolute atomic E-state index is 0.0512. The van der Waals surface area contributed by atoms with Crippen LogP contribution >= 0.6 is 0 Å². The van der Waals surface area contributed by atoms with Crippen LogP contribution in [0.2, 0.25) is 0 Å². The van der Waals surface area contributed by atoms with Crippen molar-refractivity contribution >= 4 is 10.8 Å². The SMILES string of the molecule is CCCCCC1COC(c2ccc(COc3ccc4c(F)c(C#CC(F)(F)F)c(F)cc4c3)cc2)OC1. The van der Waals surface area contributed by atoms with Gasteiger partial charge >= 0.3 is 6.18 Å². The minimum atomic E-state index is -4.85. The second-order valence-corrected chi connectivity index (χ2v) is 9.07. The molecule has 1 aliphatic heterocycles. The zero-order valence-electron chi connectivity index (χ0n) is 20.3. The van der Waals surface area contributed by atoms with E-state index >= 15 is 0 Å². The highest BCUT2D eigenvalue weighted by atomic mass is 19.4. The molecule has 0 aromatic heterocycles. The number of alkyl halides is 3. The van der Waals surface area contributed by atoms with Crippen molar-refractivity contribution in [3.8, 4) is 17.6 Å². The molecule has 196 valence electrons. The standard InChI is InChI=1S/C29H27F5O3/c1-2-3-4-5-20-17-36-28(37-18-20)21-8-6-19(7-9-21)16-35-23-10-11-24-22(14-23)15-26(30)25(27(24)31)12-13-29(32,33)34/h6-11,14-15,20,28H,2-5,16-18H2,1H3. The highest BCUT2D eigenvalue weighted by Crippen LogP contribution is 2.29. The minimum Gasteiger partial charge on any atom is -0.489 e. The Balaban J connectivity index is 1.36. The van der Waals surface area contributed by atoms with E-state index in [1.54, 1.807) is 5.92 Å². The van der Waals surface area contributed by atoms with Crippen LogP contribution in [0.1, 0.15) is 55.6 Å². The second kappa shape index (κ2) is 11.9. The van der Waals surface area contributed by atoms with Gasteiger partial charge < -0.3 is 14.2 Å². The Morgan fingerprint density at radius 2 is 1.70 bits per heavy atom. The summed E-state index contributed by atoms with van der Waals surface area (Å²) in [5.41, 5.74) is 0.862. The van der Waals surface area contributed by atoms with Gasteiger partial charge in [-0.05, 0) is 41.6 Å². The summed E-state index contributed by atoms with van der Waals surface area (Å²) in [6.07, 6.45) is -0.539. The summed E-state index contributed by atoms with van der Waals surface area (Å²) in [6.45, 7) is 3.75. The van der Waals surface area contributed by atoms with E-state index in [9.17, 15) is 22.0 Å². The van der Waals surface area contributed by atoms with Crippen molar-refractivity contribution in [3.63, 3.8) is 0 Å². The van der Waals surface area contributed by atoms with Crippen molar-refractivity contribution in [2.24, 2.45) is 5.92 Å². The molecule has 0 unspecified atom stereocenters. The maximum atomic E-state index is 14.6. The van der Waals surface area contributed by atoms with Gasteiger partial charge in [0, 0.05) is 22.8 Å². The number of halogens is 5. The fraction of sp³-hybridized carbons (Fsp3) is 0.379. The normalized spacial score (nSPS) is 17.9. The number of hydrogen-bond acceptors (Lipinski definition) is 3. The first-order valence-electron chi connectivity index (χ1n) is 12.2. The van der Waals surface area contributed by atoms with E-state index in [2.05, 4.69) is 6.92 Å². The highest BCUT2D eigenvalue weighted by molar-refractivity contribution is 5.86. The van der Waals surface area contributed by atoms with Crippen LogP contribution in [0.3, 0.4) is 0 Å². The average Bonchev–Trinajstić information content (AvgIpc) is 2.87. The van der Waals surface area contributed by atoms with E-state index in [4.69, 9.17) is 14.2 Å². The summed E-state index contributed by atoms with van der Waals surface area (Å²) in [5.74, 6) is 0.912. The molecule has 3 aromatic rings. The average molecular weight is 519 g/mol. The number of fused-ring (bicyclic) bond motifs is 1. The predicted molar refractivity (Wildman–Crippen MR) is 130 cm³/mol. The molecule has 1 heterocycles. The zero-order chi connectivity index (χ0) is 26.4. The van der Waals surface area contributed by atoms with E-state index in [1.165, 1.54) is 37.5 Å². The monoisotopic (exact) mass is 518 g/mol. The van der Waals surface area contributed by atoms with Crippen LogP contribution in [-0.2, 0) is 16.1 Å². The van der Waals surface area contributed by atoms with Crippen molar-refractivity contribution in [1.29, 1.82) is 0 Å². The Bertz CT molecular complexity index is 1270. The first kappa shape index (κ1) is 26.9. The van der Waals surface area contributed by atoms with Crippen LogP contribution in [0.5, 0.6) is 5.75 Å². The number of hydrogen-bond donors (Lipinski definition) is 0. The van der Waals surface area contributed by atoms with Crippen molar-refractivity contribution in [2.75, 3.05) is 13.2 Å². The molecule has 0 aliphatic carbocycles. The Morgan fingerprint density at radius 3 is 2.38 bits per heavy atom. The quantitative estimate of drug-likeness (QED) is 0.173. The van der Waals surface area contributed by atoms with Gasteiger partial charge in [-0.25, -0.2) is 8.78 Å². The molecule has 3 aromatic carbocycles. The Morgan fingerprint density at radius 1 is 0.973 bits per heavy atom. The molecule has 37 heavy (non-hydrogen) atoms. The molecule has 1 fully saturated rings. The molecule has 0 atom stereocenters. The summed E-state index contributed by atoms with van der Waals surface area (Å²) >= 11 is 0. The van der Waals surface area contributed by atoms with E-state index < -0.39 is 29.7 Å². The van der Waals surface area contributed by atoms with E-state index in [1.807, 2.05) is 24.3 Å². The Labute approximate surface area is 212 Å². The summed E-state index contributed by atoms with van der Waals surface area (Å²) in [7, 11) is 0. The van der Waals surface area contributed by atoms with Crippen molar-refractivity contribution in [2.45, 2.75) is 51.7 Å². The molecule has 8 heteroatoms. The molecule has 3 nitrogen and oxygen atoms in total. The molecule has 0 amide bonds. The highest BCUT2D eigenvalue weighted by Gasteiger charge is 2.24. The molecule has 1 aliphatic rings. The van der Waals surface area contributed by atoms with Crippen LogP contribution in [0.4, 0.5) is 22.0 Å². The van der Waals surface area contributed by atoms with Crippen LogP contribution in [0.15, 0.2) is 48.5 Å². The van der Waals surface area contributed by atoms with E-state index in [0.717, 1.165) is 29.5 Å². The lowest BCUT2D eigenvalue weighted by Gasteiger charge is -2.29. The van der Waals surface area contributed by atoms with Gasteiger partial charge in [0.05, 0.1) is 18.8 Å². The van der Waals surface area contributed by atoms with Gasteiger partial charge in [-0.15, -0.1) is 0 Å². The molecular formula is C29H27F5O3. The summed E-state index contributed by atoms with van der Waals surface area (Å²) in [5, 5.41) is 0.102. The van der Waals surface area contributed by atoms with Crippen molar-refractivity contribution in [1.82, 2.24) is 0 Å². The molecule has 4 rings (SSSR count). The maximum Gasteiger partial charge on any atom is 0.458 e. The number of benzene rings is 3. The van der Waals surface area contributed by atoms with Crippen molar-refractivity contribution in [3.05, 3.63) is 76.9 Å². The molecule has 0 N–H and O–H groups in total. The molecule has 0 spiro atoms. The molecule has 0 bridgehead atoms. The second-order valence-electron chi connectivity index (χ2n) is 9.07.